The number of hydrogen-bond acceptors (Lipinski definition) is 4. The van der Waals surface area contributed by atoms with Crippen molar-refractivity contribution >= 4 is 11.8 Å². The van der Waals surface area contributed by atoms with Gasteiger partial charge in [-0.15, -0.1) is 10.2 Å². The van der Waals surface area contributed by atoms with Crippen LogP contribution in [0.2, 0.25) is 0 Å². The zero-order valence-corrected chi connectivity index (χ0v) is 6.85. The van der Waals surface area contributed by atoms with Gasteiger partial charge in [-0.2, -0.15) is 0 Å². The average molecular weight is 167 g/mol. The second-order valence-electron chi connectivity index (χ2n) is 2.48. The van der Waals surface area contributed by atoms with E-state index in [-0.39, 0.29) is 5.69 Å². The molecule has 0 aliphatic carbocycles. The first kappa shape index (κ1) is 8.45. The fourth-order valence-electron chi connectivity index (χ4n) is 0.678. The van der Waals surface area contributed by atoms with Crippen LogP contribution in [0.1, 0.15) is 10.5 Å². The van der Waals surface area contributed by atoms with Gasteiger partial charge >= 0.3 is 5.97 Å². The van der Waals surface area contributed by atoms with Crippen molar-refractivity contribution in [2.75, 3.05) is 19.0 Å². The predicted molar refractivity (Wildman–Crippen MR) is 43.3 cm³/mol. The Labute approximate surface area is 69.6 Å². The summed E-state index contributed by atoms with van der Waals surface area (Å²) in [5.41, 5.74) is -0.0411. The van der Waals surface area contributed by atoms with Crippen LogP contribution in [0.5, 0.6) is 0 Å². The number of carbonyl (C=O) groups is 1. The first-order chi connectivity index (χ1) is 5.61. The van der Waals surface area contributed by atoms with Gasteiger partial charge in [0.05, 0.1) is 0 Å². The van der Waals surface area contributed by atoms with Gasteiger partial charge in [0, 0.05) is 14.1 Å². The van der Waals surface area contributed by atoms with Crippen LogP contribution in [0.3, 0.4) is 0 Å². The van der Waals surface area contributed by atoms with Gasteiger partial charge in [0.15, 0.2) is 11.5 Å². The lowest BCUT2D eigenvalue weighted by molar-refractivity contribution is 0.0689. The van der Waals surface area contributed by atoms with Gasteiger partial charge in [-0.25, -0.2) is 4.79 Å². The van der Waals surface area contributed by atoms with E-state index in [0.29, 0.717) is 5.82 Å². The van der Waals surface area contributed by atoms with E-state index in [1.54, 1.807) is 11.0 Å². The number of aromatic carboxylic acids is 1. The summed E-state index contributed by atoms with van der Waals surface area (Å²) in [6.07, 6.45) is 0. The molecule has 12 heavy (non-hydrogen) atoms. The first-order valence-corrected chi connectivity index (χ1v) is 3.35. The van der Waals surface area contributed by atoms with Crippen molar-refractivity contribution in [1.82, 2.24) is 10.2 Å². The van der Waals surface area contributed by atoms with E-state index in [4.69, 9.17) is 5.11 Å². The van der Waals surface area contributed by atoms with Gasteiger partial charge in [-0.3, -0.25) is 0 Å². The van der Waals surface area contributed by atoms with Crippen LogP contribution in [0.25, 0.3) is 0 Å². The SMILES string of the molecule is CN(C)c1ccc(C(=O)O)nn1. The summed E-state index contributed by atoms with van der Waals surface area (Å²) in [4.78, 5) is 12.1. The fraction of sp³-hybridized carbons (Fsp3) is 0.286. The maximum atomic E-state index is 10.4. The van der Waals surface area contributed by atoms with Gasteiger partial charge in [-0.1, -0.05) is 0 Å². The molecule has 64 valence electrons. The van der Waals surface area contributed by atoms with Crippen molar-refractivity contribution < 1.29 is 9.90 Å². The molecule has 0 aliphatic rings. The number of hydrogen-bond donors (Lipinski definition) is 1. The van der Waals surface area contributed by atoms with Gasteiger partial charge < -0.3 is 10.0 Å². The Bertz CT molecular complexity index is 281. The number of carboxylic acid groups (broad SMARTS) is 1. The first-order valence-electron chi connectivity index (χ1n) is 3.35. The Hall–Kier alpha value is -1.65. The van der Waals surface area contributed by atoms with Crippen molar-refractivity contribution in [3.05, 3.63) is 17.8 Å². The third kappa shape index (κ3) is 1.69. The molecule has 5 heteroatoms. The third-order valence-corrected chi connectivity index (χ3v) is 1.33. The van der Waals surface area contributed by atoms with Crippen molar-refractivity contribution in [1.29, 1.82) is 0 Å². The van der Waals surface area contributed by atoms with Crippen LogP contribution >= 0.6 is 0 Å². The smallest absolute Gasteiger partial charge is 0.356 e. The summed E-state index contributed by atoms with van der Waals surface area (Å²) < 4.78 is 0. The maximum absolute atomic E-state index is 10.4. The minimum absolute atomic E-state index is 0.0411. The highest BCUT2D eigenvalue weighted by Crippen LogP contribution is 2.04. The molecule has 0 fully saturated rings. The molecule has 0 unspecified atom stereocenters. The predicted octanol–water partition coefficient (Wildman–Crippen LogP) is 0.241. The zero-order valence-electron chi connectivity index (χ0n) is 6.85. The molecule has 1 aromatic heterocycles. The van der Waals surface area contributed by atoms with Crippen molar-refractivity contribution in [3.63, 3.8) is 0 Å². The van der Waals surface area contributed by atoms with E-state index in [0.717, 1.165) is 0 Å². The topological polar surface area (TPSA) is 66.3 Å². The fourth-order valence-corrected chi connectivity index (χ4v) is 0.678. The summed E-state index contributed by atoms with van der Waals surface area (Å²) >= 11 is 0. The zero-order chi connectivity index (χ0) is 9.14. The highest BCUT2D eigenvalue weighted by atomic mass is 16.4. The lowest BCUT2D eigenvalue weighted by atomic mass is 10.4. The molecule has 0 radical (unpaired) electrons. The normalized spacial score (nSPS) is 9.50. The van der Waals surface area contributed by atoms with Crippen molar-refractivity contribution in [2.45, 2.75) is 0 Å². The molecule has 0 aliphatic heterocycles. The molecule has 1 heterocycles. The number of nitrogens with zero attached hydrogens (tertiary/aromatic N) is 3. The van der Waals surface area contributed by atoms with E-state index in [1.165, 1.54) is 6.07 Å². The molecule has 5 nitrogen and oxygen atoms in total. The standard InChI is InChI=1S/C7H9N3O2/c1-10(2)6-4-3-5(7(11)12)8-9-6/h3-4H,1-2H3,(H,11,12). The Morgan fingerprint density at radius 1 is 1.42 bits per heavy atom. The molecule has 0 aromatic carbocycles. The van der Waals surface area contributed by atoms with Crippen LogP contribution < -0.4 is 4.90 Å². The second-order valence-corrected chi connectivity index (χ2v) is 2.48. The summed E-state index contributed by atoms with van der Waals surface area (Å²) in [5, 5.41) is 15.7. The van der Waals surface area contributed by atoms with Crippen LogP contribution in [0, 0.1) is 0 Å². The molecule has 1 rings (SSSR count). The monoisotopic (exact) mass is 167 g/mol. The molecule has 0 amide bonds. The Morgan fingerprint density at radius 2 is 2.08 bits per heavy atom. The molecular formula is C7H9N3O2. The van der Waals surface area contributed by atoms with E-state index < -0.39 is 5.97 Å². The minimum atomic E-state index is -1.06. The van der Waals surface area contributed by atoms with Crippen LogP contribution in [-0.2, 0) is 0 Å². The number of rotatable bonds is 2. The summed E-state index contributed by atoms with van der Waals surface area (Å²) in [6.45, 7) is 0. The van der Waals surface area contributed by atoms with E-state index >= 15 is 0 Å². The molecule has 0 bridgehead atoms. The summed E-state index contributed by atoms with van der Waals surface area (Å²) in [5.74, 6) is -0.423. The van der Waals surface area contributed by atoms with E-state index in [1.807, 2.05) is 14.1 Å². The van der Waals surface area contributed by atoms with E-state index in [9.17, 15) is 4.79 Å². The van der Waals surface area contributed by atoms with E-state index in [2.05, 4.69) is 10.2 Å². The Balaban J connectivity index is 2.93. The molecule has 0 spiro atoms. The molecule has 1 aromatic rings. The van der Waals surface area contributed by atoms with Gasteiger partial charge in [0.2, 0.25) is 0 Å². The quantitative estimate of drug-likeness (QED) is 0.683. The lowest BCUT2D eigenvalue weighted by Gasteiger charge is -2.08. The Morgan fingerprint density at radius 3 is 2.42 bits per heavy atom. The van der Waals surface area contributed by atoms with Gasteiger partial charge in [-0.05, 0) is 12.1 Å². The van der Waals surface area contributed by atoms with Crippen molar-refractivity contribution in [3.8, 4) is 0 Å². The van der Waals surface area contributed by atoms with Gasteiger partial charge in [0.25, 0.3) is 0 Å². The molecule has 0 saturated carbocycles. The molecule has 0 saturated heterocycles. The molecular weight excluding hydrogens is 158 g/mol. The minimum Gasteiger partial charge on any atom is -0.476 e. The van der Waals surface area contributed by atoms with Crippen LogP contribution in [0.4, 0.5) is 5.82 Å². The number of carboxylic acids is 1. The number of anilines is 1. The van der Waals surface area contributed by atoms with Crippen LogP contribution in [-0.4, -0.2) is 35.4 Å². The number of aromatic nitrogens is 2. The molecule has 1 N–H and O–H groups in total. The second kappa shape index (κ2) is 3.17. The Kier molecular flexibility index (Phi) is 2.23. The average Bonchev–Trinajstić information content (AvgIpc) is 2.04. The van der Waals surface area contributed by atoms with Crippen molar-refractivity contribution in [2.24, 2.45) is 0 Å². The summed E-state index contributed by atoms with van der Waals surface area (Å²) in [7, 11) is 3.62. The van der Waals surface area contributed by atoms with Crippen LogP contribution in [0.15, 0.2) is 12.1 Å². The highest BCUT2D eigenvalue weighted by molar-refractivity contribution is 5.85. The largest absolute Gasteiger partial charge is 0.476 e. The third-order valence-electron chi connectivity index (χ3n) is 1.33. The highest BCUT2D eigenvalue weighted by Gasteiger charge is 2.04. The lowest BCUT2D eigenvalue weighted by Crippen LogP contribution is -2.12. The molecule has 0 atom stereocenters. The maximum Gasteiger partial charge on any atom is 0.356 e. The van der Waals surface area contributed by atoms with Gasteiger partial charge in [0.1, 0.15) is 0 Å². The summed E-state index contributed by atoms with van der Waals surface area (Å²) in [6, 6.07) is 3.03.